The number of carbonyl (C=O) groups excluding carboxylic acids is 1. The van der Waals surface area contributed by atoms with Crippen LogP contribution in [0.15, 0.2) is 24.3 Å². The van der Waals surface area contributed by atoms with Crippen molar-refractivity contribution in [3.63, 3.8) is 0 Å². The van der Waals surface area contributed by atoms with Gasteiger partial charge in [-0.05, 0) is 24.3 Å². The molecule has 0 aromatic heterocycles. The Morgan fingerprint density at radius 1 is 1.22 bits per heavy atom. The van der Waals surface area contributed by atoms with Gasteiger partial charge in [-0.3, -0.25) is 4.79 Å². The van der Waals surface area contributed by atoms with Crippen molar-refractivity contribution in [3.8, 4) is 11.5 Å². The minimum atomic E-state index is -1.34. The van der Waals surface area contributed by atoms with Crippen LogP contribution in [0.4, 0.5) is 0 Å². The number of rotatable bonds is 5. The molecule has 1 fully saturated rings. The van der Waals surface area contributed by atoms with Gasteiger partial charge in [0.25, 0.3) is 0 Å². The summed E-state index contributed by atoms with van der Waals surface area (Å²) in [5, 5.41) is 31.8. The second kappa shape index (κ2) is 7.60. The fraction of sp³-hybridized carbons (Fsp3) is 0.533. The summed E-state index contributed by atoms with van der Waals surface area (Å²) < 4.78 is 16.2. The van der Waals surface area contributed by atoms with Crippen molar-refractivity contribution in [2.75, 3.05) is 13.7 Å². The van der Waals surface area contributed by atoms with Crippen molar-refractivity contribution < 1.29 is 34.3 Å². The standard InChI is InChI=1S/C15H21NO7/c1-8(18)16-12-14(20)13(19)11(7-17)23-15(12)22-10-5-3-9(21-2)4-6-10/h3-6,11-15,17,19-20H,7H2,1-2H3,(H,16,18)/t11-,12+,13+,14+,15-/m1/s1. The van der Waals surface area contributed by atoms with Gasteiger partial charge in [-0.2, -0.15) is 0 Å². The van der Waals surface area contributed by atoms with Crippen LogP contribution in [0.1, 0.15) is 6.92 Å². The molecule has 4 N–H and O–H groups in total. The molecule has 8 heteroatoms. The van der Waals surface area contributed by atoms with Crippen LogP contribution in [0.25, 0.3) is 0 Å². The number of carbonyl (C=O) groups is 1. The van der Waals surface area contributed by atoms with Crippen LogP contribution >= 0.6 is 0 Å². The maximum Gasteiger partial charge on any atom is 0.223 e. The van der Waals surface area contributed by atoms with Crippen molar-refractivity contribution in [1.82, 2.24) is 5.32 Å². The lowest BCUT2D eigenvalue weighted by atomic mass is 9.97. The molecule has 5 atom stereocenters. The van der Waals surface area contributed by atoms with E-state index in [4.69, 9.17) is 14.2 Å². The van der Waals surface area contributed by atoms with Crippen LogP contribution < -0.4 is 14.8 Å². The molecule has 0 unspecified atom stereocenters. The zero-order valence-corrected chi connectivity index (χ0v) is 12.9. The van der Waals surface area contributed by atoms with Crippen LogP contribution in [-0.4, -0.2) is 65.6 Å². The van der Waals surface area contributed by atoms with Gasteiger partial charge in [0.15, 0.2) is 0 Å². The van der Waals surface area contributed by atoms with Crippen LogP contribution in [0, 0.1) is 0 Å². The first-order valence-electron chi connectivity index (χ1n) is 7.16. The molecule has 0 bridgehead atoms. The molecule has 8 nitrogen and oxygen atoms in total. The van der Waals surface area contributed by atoms with Crippen molar-refractivity contribution in [2.45, 2.75) is 37.6 Å². The molecule has 1 aliphatic rings. The Kier molecular flexibility index (Phi) is 5.78. The zero-order chi connectivity index (χ0) is 17.0. The highest BCUT2D eigenvalue weighted by molar-refractivity contribution is 5.73. The van der Waals surface area contributed by atoms with Gasteiger partial charge in [0.05, 0.1) is 13.7 Å². The Morgan fingerprint density at radius 2 is 1.83 bits per heavy atom. The molecule has 1 saturated heterocycles. The van der Waals surface area contributed by atoms with E-state index in [2.05, 4.69) is 5.32 Å². The largest absolute Gasteiger partial charge is 0.497 e. The number of aliphatic hydroxyl groups excluding tert-OH is 3. The molecule has 1 aliphatic heterocycles. The third-order valence-electron chi connectivity index (χ3n) is 3.56. The van der Waals surface area contributed by atoms with Gasteiger partial charge < -0.3 is 34.8 Å². The minimum absolute atomic E-state index is 0.407. The number of amides is 1. The number of hydrogen-bond donors (Lipinski definition) is 4. The van der Waals surface area contributed by atoms with Crippen molar-refractivity contribution in [3.05, 3.63) is 24.3 Å². The number of methoxy groups -OCH3 is 1. The summed E-state index contributed by atoms with van der Waals surface area (Å²) >= 11 is 0. The topological polar surface area (TPSA) is 117 Å². The Hall–Kier alpha value is -1.87. The number of hydrogen-bond acceptors (Lipinski definition) is 7. The van der Waals surface area contributed by atoms with Crippen LogP contribution in [0.5, 0.6) is 11.5 Å². The zero-order valence-electron chi connectivity index (χ0n) is 12.9. The van der Waals surface area contributed by atoms with E-state index in [1.54, 1.807) is 24.3 Å². The highest BCUT2D eigenvalue weighted by Crippen LogP contribution is 2.25. The molecule has 0 radical (unpaired) electrons. The molecule has 1 heterocycles. The lowest BCUT2D eigenvalue weighted by molar-refractivity contribution is -0.244. The summed E-state index contributed by atoms with van der Waals surface area (Å²) in [4.78, 5) is 11.3. The Balaban J connectivity index is 2.17. The van der Waals surface area contributed by atoms with Crippen molar-refractivity contribution >= 4 is 5.91 Å². The highest BCUT2D eigenvalue weighted by Gasteiger charge is 2.46. The van der Waals surface area contributed by atoms with E-state index in [9.17, 15) is 20.1 Å². The number of ether oxygens (including phenoxy) is 3. The summed E-state index contributed by atoms with van der Waals surface area (Å²) in [7, 11) is 1.54. The summed E-state index contributed by atoms with van der Waals surface area (Å²) in [6.45, 7) is 0.787. The maximum atomic E-state index is 11.3. The van der Waals surface area contributed by atoms with Gasteiger partial charge in [-0.15, -0.1) is 0 Å². The Bertz CT molecular complexity index is 521. The molecule has 128 valence electrons. The van der Waals surface area contributed by atoms with Crippen LogP contribution in [-0.2, 0) is 9.53 Å². The number of aliphatic hydroxyl groups is 3. The third kappa shape index (κ3) is 4.11. The van der Waals surface area contributed by atoms with Gasteiger partial charge in [0.2, 0.25) is 12.2 Å². The van der Waals surface area contributed by atoms with Crippen molar-refractivity contribution in [2.24, 2.45) is 0 Å². The first-order chi connectivity index (χ1) is 11.0. The van der Waals surface area contributed by atoms with E-state index in [1.807, 2.05) is 0 Å². The van der Waals surface area contributed by atoms with Crippen LogP contribution in [0.3, 0.4) is 0 Å². The fourth-order valence-corrected chi connectivity index (χ4v) is 2.36. The van der Waals surface area contributed by atoms with Gasteiger partial charge in [-0.1, -0.05) is 0 Å². The van der Waals surface area contributed by atoms with Crippen molar-refractivity contribution in [1.29, 1.82) is 0 Å². The molecule has 1 aromatic carbocycles. The molecule has 2 rings (SSSR count). The second-order valence-corrected chi connectivity index (χ2v) is 5.23. The predicted molar refractivity (Wildman–Crippen MR) is 79.0 cm³/mol. The van der Waals surface area contributed by atoms with E-state index in [0.29, 0.717) is 11.5 Å². The van der Waals surface area contributed by atoms with Gasteiger partial charge in [0, 0.05) is 6.92 Å². The molecular weight excluding hydrogens is 306 g/mol. The van der Waals surface area contributed by atoms with Gasteiger partial charge in [0.1, 0.15) is 35.9 Å². The molecule has 0 spiro atoms. The van der Waals surface area contributed by atoms with E-state index in [1.165, 1.54) is 14.0 Å². The average Bonchev–Trinajstić information content (AvgIpc) is 2.54. The quantitative estimate of drug-likeness (QED) is 0.549. The molecule has 1 amide bonds. The SMILES string of the molecule is COc1ccc(O[C@@H]2O[C@H](CO)[C@H](O)[C@@H](O)[C@@H]2NC(C)=O)cc1. The van der Waals surface area contributed by atoms with E-state index >= 15 is 0 Å². The van der Waals surface area contributed by atoms with Gasteiger partial charge >= 0.3 is 0 Å². The smallest absolute Gasteiger partial charge is 0.223 e. The molecule has 0 aliphatic carbocycles. The molecule has 0 saturated carbocycles. The lowest BCUT2D eigenvalue weighted by Crippen LogP contribution is -2.65. The van der Waals surface area contributed by atoms with E-state index < -0.39 is 43.2 Å². The molecular formula is C15H21NO7. The first kappa shape index (κ1) is 17.5. The summed E-state index contributed by atoms with van der Waals surface area (Å²) in [6.07, 6.45) is -4.76. The molecule has 23 heavy (non-hydrogen) atoms. The van der Waals surface area contributed by atoms with Gasteiger partial charge in [-0.25, -0.2) is 0 Å². The maximum absolute atomic E-state index is 11.3. The first-order valence-corrected chi connectivity index (χ1v) is 7.16. The summed E-state index contributed by atoms with van der Waals surface area (Å²) in [6, 6.07) is 5.66. The van der Waals surface area contributed by atoms with Crippen LogP contribution in [0.2, 0.25) is 0 Å². The number of nitrogens with one attached hydrogen (secondary N) is 1. The lowest BCUT2D eigenvalue weighted by Gasteiger charge is -2.42. The molecule has 1 aromatic rings. The monoisotopic (exact) mass is 327 g/mol. The minimum Gasteiger partial charge on any atom is -0.497 e. The highest BCUT2D eigenvalue weighted by atomic mass is 16.7. The normalized spacial score (nSPS) is 30.6. The number of benzene rings is 1. The average molecular weight is 327 g/mol. The summed E-state index contributed by atoms with van der Waals surface area (Å²) in [5.41, 5.74) is 0. The second-order valence-electron chi connectivity index (χ2n) is 5.23. The Labute approximate surface area is 133 Å². The van der Waals surface area contributed by atoms with E-state index in [-0.39, 0.29) is 0 Å². The third-order valence-corrected chi connectivity index (χ3v) is 3.56. The predicted octanol–water partition coefficient (Wildman–Crippen LogP) is -0.982. The Morgan fingerprint density at radius 3 is 2.35 bits per heavy atom. The van der Waals surface area contributed by atoms with E-state index in [0.717, 1.165) is 0 Å². The fourth-order valence-electron chi connectivity index (χ4n) is 2.36. The summed E-state index contributed by atoms with van der Waals surface area (Å²) in [5.74, 6) is 0.658.